The molecule has 0 saturated heterocycles. The van der Waals surface area contributed by atoms with Crippen LogP contribution in [0.1, 0.15) is 25.7 Å². The van der Waals surface area contributed by atoms with E-state index in [1.807, 2.05) is 6.07 Å². The lowest BCUT2D eigenvalue weighted by atomic mass is 10.1. The van der Waals surface area contributed by atoms with Gasteiger partial charge in [-0.2, -0.15) is 20.1 Å². The molecule has 0 aromatic carbocycles. The molecule has 1 aliphatic rings. The molecule has 2 heterocycles. The van der Waals surface area contributed by atoms with Crippen molar-refractivity contribution < 1.29 is 0 Å². The molecular weight excluding hydrogens is 256 g/mol. The molecule has 0 spiro atoms. The molecule has 4 N–H and O–H groups in total. The van der Waals surface area contributed by atoms with Gasteiger partial charge in [0.2, 0.25) is 11.9 Å². The van der Waals surface area contributed by atoms with Crippen molar-refractivity contribution in [2.45, 2.75) is 25.7 Å². The van der Waals surface area contributed by atoms with Crippen molar-refractivity contribution >= 4 is 11.9 Å². The maximum atomic E-state index is 5.40. The zero-order valence-electron chi connectivity index (χ0n) is 11.2. The van der Waals surface area contributed by atoms with Crippen molar-refractivity contribution in [3.05, 3.63) is 18.5 Å². The highest BCUT2D eigenvalue weighted by molar-refractivity contribution is 5.36. The van der Waals surface area contributed by atoms with Crippen molar-refractivity contribution in [1.29, 1.82) is 0 Å². The van der Waals surface area contributed by atoms with Gasteiger partial charge in [0.15, 0.2) is 0 Å². The van der Waals surface area contributed by atoms with E-state index in [2.05, 4.69) is 30.8 Å². The summed E-state index contributed by atoms with van der Waals surface area (Å²) in [6, 6.07) is 1.81. The molecule has 0 bridgehead atoms. The summed E-state index contributed by atoms with van der Waals surface area (Å²) in [6.45, 7) is 0.882. The molecule has 0 amide bonds. The predicted molar refractivity (Wildman–Crippen MR) is 75.2 cm³/mol. The van der Waals surface area contributed by atoms with Crippen molar-refractivity contribution in [3.8, 4) is 5.95 Å². The van der Waals surface area contributed by atoms with E-state index in [0.29, 0.717) is 23.8 Å². The average Bonchev–Trinajstić information content (AvgIpc) is 3.17. The highest BCUT2D eigenvalue weighted by Crippen LogP contribution is 2.24. The van der Waals surface area contributed by atoms with Crippen LogP contribution < -0.4 is 16.6 Å². The Labute approximate surface area is 116 Å². The van der Waals surface area contributed by atoms with Crippen LogP contribution in [0, 0.1) is 5.92 Å². The first-order valence-electron chi connectivity index (χ1n) is 6.82. The van der Waals surface area contributed by atoms with Gasteiger partial charge in [-0.15, -0.1) is 0 Å². The first-order valence-corrected chi connectivity index (χ1v) is 6.82. The quantitative estimate of drug-likeness (QED) is 0.550. The van der Waals surface area contributed by atoms with E-state index < -0.39 is 0 Å². The maximum absolute atomic E-state index is 5.40. The standard InChI is InChI=1S/C12H18N8/c13-19-11-16-10(14-8-9-4-1-2-5-9)17-12(18-11)20-7-3-6-15-20/h3,6-7,9H,1-2,4-5,8,13H2,(H2,14,16,17,18,19). The monoisotopic (exact) mass is 274 g/mol. The van der Waals surface area contributed by atoms with Crippen LogP contribution >= 0.6 is 0 Å². The lowest BCUT2D eigenvalue weighted by Crippen LogP contribution is -2.18. The number of nitrogens with zero attached hydrogens (tertiary/aromatic N) is 5. The Balaban J connectivity index is 1.77. The van der Waals surface area contributed by atoms with Crippen LogP contribution in [-0.2, 0) is 0 Å². The first-order chi connectivity index (χ1) is 9.85. The van der Waals surface area contributed by atoms with E-state index in [1.165, 1.54) is 25.7 Å². The molecule has 8 heteroatoms. The van der Waals surface area contributed by atoms with Gasteiger partial charge in [0.25, 0.3) is 5.95 Å². The van der Waals surface area contributed by atoms with E-state index in [0.717, 1.165) is 6.54 Å². The third-order valence-corrected chi connectivity index (χ3v) is 3.49. The molecule has 1 fully saturated rings. The number of aromatic nitrogens is 5. The van der Waals surface area contributed by atoms with Gasteiger partial charge in [-0.1, -0.05) is 12.8 Å². The van der Waals surface area contributed by atoms with Gasteiger partial charge in [-0.05, 0) is 24.8 Å². The SMILES string of the molecule is NNc1nc(NCC2CCCC2)nc(-n2cccn2)n1. The summed E-state index contributed by atoms with van der Waals surface area (Å²) in [5.41, 5.74) is 2.45. The van der Waals surface area contributed by atoms with Crippen LogP contribution in [0.2, 0.25) is 0 Å². The van der Waals surface area contributed by atoms with E-state index in [-0.39, 0.29) is 0 Å². The number of hydrogen-bond donors (Lipinski definition) is 3. The number of nitrogens with one attached hydrogen (secondary N) is 2. The zero-order chi connectivity index (χ0) is 13.8. The summed E-state index contributed by atoms with van der Waals surface area (Å²) in [5, 5.41) is 7.37. The summed E-state index contributed by atoms with van der Waals surface area (Å²) >= 11 is 0. The van der Waals surface area contributed by atoms with Crippen LogP contribution in [0.25, 0.3) is 5.95 Å². The number of nitrogen functional groups attached to an aromatic ring is 1. The Morgan fingerprint density at radius 3 is 2.70 bits per heavy atom. The van der Waals surface area contributed by atoms with Crippen LogP contribution in [0.3, 0.4) is 0 Å². The van der Waals surface area contributed by atoms with Crippen LogP contribution in [0.5, 0.6) is 0 Å². The van der Waals surface area contributed by atoms with Gasteiger partial charge in [0, 0.05) is 18.9 Å². The van der Waals surface area contributed by atoms with Gasteiger partial charge in [0.1, 0.15) is 0 Å². The normalized spacial score (nSPS) is 15.4. The predicted octanol–water partition coefficient (Wildman–Crippen LogP) is 0.945. The lowest BCUT2D eigenvalue weighted by molar-refractivity contribution is 0.577. The maximum Gasteiger partial charge on any atom is 0.257 e. The second-order valence-electron chi connectivity index (χ2n) is 4.91. The topological polar surface area (TPSA) is 107 Å². The molecule has 0 radical (unpaired) electrons. The average molecular weight is 274 g/mol. The second kappa shape index (κ2) is 5.83. The van der Waals surface area contributed by atoms with Crippen LogP contribution in [0.4, 0.5) is 11.9 Å². The largest absolute Gasteiger partial charge is 0.354 e. The van der Waals surface area contributed by atoms with E-state index in [9.17, 15) is 0 Å². The summed E-state index contributed by atoms with van der Waals surface area (Å²) < 4.78 is 1.57. The van der Waals surface area contributed by atoms with E-state index >= 15 is 0 Å². The van der Waals surface area contributed by atoms with Crippen molar-refractivity contribution in [3.63, 3.8) is 0 Å². The molecule has 2 aromatic heterocycles. The molecule has 0 aliphatic heterocycles. The Bertz CT molecular complexity index is 547. The van der Waals surface area contributed by atoms with Crippen molar-refractivity contribution in [2.24, 2.45) is 11.8 Å². The fourth-order valence-corrected chi connectivity index (χ4v) is 2.45. The summed E-state index contributed by atoms with van der Waals surface area (Å²) in [7, 11) is 0. The fraction of sp³-hybridized carbons (Fsp3) is 0.500. The molecule has 0 unspecified atom stereocenters. The molecule has 1 saturated carbocycles. The van der Waals surface area contributed by atoms with Crippen molar-refractivity contribution in [1.82, 2.24) is 24.7 Å². The minimum Gasteiger partial charge on any atom is -0.354 e. The minimum atomic E-state index is 0.319. The third kappa shape index (κ3) is 2.85. The van der Waals surface area contributed by atoms with E-state index in [1.54, 1.807) is 17.1 Å². The Hall–Kier alpha value is -2.22. The highest BCUT2D eigenvalue weighted by atomic mass is 15.4. The van der Waals surface area contributed by atoms with Gasteiger partial charge in [-0.25, -0.2) is 10.5 Å². The Morgan fingerprint density at radius 1 is 1.20 bits per heavy atom. The van der Waals surface area contributed by atoms with Crippen LogP contribution in [0.15, 0.2) is 18.5 Å². The lowest BCUT2D eigenvalue weighted by Gasteiger charge is -2.11. The number of hydrogen-bond acceptors (Lipinski definition) is 7. The smallest absolute Gasteiger partial charge is 0.257 e. The van der Waals surface area contributed by atoms with Gasteiger partial charge in [0.05, 0.1) is 0 Å². The third-order valence-electron chi connectivity index (χ3n) is 3.49. The van der Waals surface area contributed by atoms with E-state index in [4.69, 9.17) is 5.84 Å². The van der Waals surface area contributed by atoms with Crippen molar-refractivity contribution in [2.75, 3.05) is 17.3 Å². The van der Waals surface area contributed by atoms with Gasteiger partial charge < -0.3 is 5.32 Å². The van der Waals surface area contributed by atoms with Gasteiger partial charge >= 0.3 is 0 Å². The molecule has 3 rings (SSSR count). The fourth-order valence-electron chi connectivity index (χ4n) is 2.45. The number of rotatable bonds is 5. The molecule has 0 atom stereocenters. The first kappa shape index (κ1) is 12.8. The molecule has 20 heavy (non-hydrogen) atoms. The molecule has 8 nitrogen and oxygen atoms in total. The number of nitrogens with two attached hydrogens (primary N) is 1. The molecule has 1 aliphatic carbocycles. The molecule has 2 aromatic rings. The number of hydrazine groups is 1. The molecule has 106 valence electrons. The minimum absolute atomic E-state index is 0.319. The molecular formula is C12H18N8. The van der Waals surface area contributed by atoms with Gasteiger partial charge in [-0.3, -0.25) is 5.43 Å². The Morgan fingerprint density at radius 2 is 2.00 bits per heavy atom. The zero-order valence-corrected chi connectivity index (χ0v) is 11.2. The number of anilines is 2. The Kier molecular flexibility index (Phi) is 3.73. The summed E-state index contributed by atoms with van der Waals surface area (Å²) in [6.07, 6.45) is 8.62. The second-order valence-corrected chi connectivity index (χ2v) is 4.91. The summed E-state index contributed by atoms with van der Waals surface area (Å²) in [4.78, 5) is 12.7. The summed E-state index contributed by atoms with van der Waals surface area (Å²) in [5.74, 6) is 7.38. The highest BCUT2D eigenvalue weighted by Gasteiger charge is 2.15. The van der Waals surface area contributed by atoms with Crippen LogP contribution in [-0.4, -0.2) is 31.3 Å².